The highest BCUT2D eigenvalue weighted by atomic mass is 79.9. The van der Waals surface area contributed by atoms with Crippen molar-refractivity contribution in [3.63, 3.8) is 0 Å². The van der Waals surface area contributed by atoms with Crippen LogP contribution in [0.25, 0.3) is 0 Å². The third-order valence-electron chi connectivity index (χ3n) is 2.24. The maximum atomic E-state index is 6.10. The molecule has 1 aromatic carbocycles. The van der Waals surface area contributed by atoms with Gasteiger partial charge in [0.25, 0.3) is 0 Å². The molecule has 0 aliphatic rings. The molecule has 0 bridgehead atoms. The van der Waals surface area contributed by atoms with E-state index < -0.39 is 0 Å². The Balaban J connectivity index is 2.15. The first-order valence-electron chi connectivity index (χ1n) is 4.71. The predicted molar refractivity (Wildman–Crippen MR) is 66.2 cm³/mol. The zero-order chi connectivity index (χ0) is 11.5. The highest BCUT2D eigenvalue weighted by molar-refractivity contribution is 9.10. The van der Waals surface area contributed by atoms with Crippen LogP contribution in [0.2, 0.25) is 5.02 Å². The van der Waals surface area contributed by atoms with Crippen LogP contribution < -0.4 is 5.73 Å². The number of aromatic amines is 1. The van der Waals surface area contributed by atoms with E-state index in [-0.39, 0.29) is 6.04 Å². The fraction of sp³-hybridized carbons (Fsp3) is 0.200. The molecule has 0 aliphatic carbocycles. The van der Waals surface area contributed by atoms with Crippen LogP contribution in [0.1, 0.15) is 17.4 Å². The van der Waals surface area contributed by atoms with Crippen LogP contribution in [-0.2, 0) is 6.42 Å². The van der Waals surface area contributed by atoms with E-state index in [0.717, 1.165) is 10.0 Å². The first-order valence-corrected chi connectivity index (χ1v) is 5.88. The Hall–Kier alpha value is -0.910. The van der Waals surface area contributed by atoms with Gasteiger partial charge in [-0.05, 0) is 24.1 Å². The lowest BCUT2D eigenvalue weighted by molar-refractivity contribution is 0.671. The summed E-state index contributed by atoms with van der Waals surface area (Å²) >= 11 is 9.46. The molecule has 1 atom stereocenters. The van der Waals surface area contributed by atoms with Gasteiger partial charge in [0.05, 0.1) is 6.04 Å². The molecule has 0 spiro atoms. The second-order valence-corrected chi connectivity index (χ2v) is 4.74. The number of rotatable bonds is 3. The van der Waals surface area contributed by atoms with E-state index in [1.165, 1.54) is 6.33 Å². The predicted octanol–water partition coefficient (Wildman–Crippen LogP) is 2.46. The van der Waals surface area contributed by atoms with E-state index in [1.807, 2.05) is 18.2 Å². The number of nitrogens with zero attached hydrogens (tertiary/aromatic N) is 2. The summed E-state index contributed by atoms with van der Waals surface area (Å²) in [5, 5.41) is 7.21. The van der Waals surface area contributed by atoms with Gasteiger partial charge in [0.2, 0.25) is 0 Å². The summed E-state index contributed by atoms with van der Waals surface area (Å²) in [5.74, 6) is 0.666. The average molecular weight is 302 g/mol. The van der Waals surface area contributed by atoms with Gasteiger partial charge in [0.15, 0.2) is 0 Å². The molecule has 2 aromatic rings. The van der Waals surface area contributed by atoms with Gasteiger partial charge < -0.3 is 5.73 Å². The van der Waals surface area contributed by atoms with Crippen molar-refractivity contribution in [2.45, 2.75) is 12.5 Å². The zero-order valence-electron chi connectivity index (χ0n) is 8.32. The van der Waals surface area contributed by atoms with Gasteiger partial charge in [-0.15, -0.1) is 0 Å². The minimum absolute atomic E-state index is 0.221. The molecule has 1 heterocycles. The third kappa shape index (κ3) is 2.61. The molecule has 1 unspecified atom stereocenters. The van der Waals surface area contributed by atoms with E-state index in [0.29, 0.717) is 17.3 Å². The third-order valence-corrected chi connectivity index (χ3v) is 3.08. The maximum Gasteiger partial charge on any atom is 0.141 e. The number of aromatic nitrogens is 3. The molecule has 1 aromatic heterocycles. The van der Waals surface area contributed by atoms with Crippen LogP contribution in [0.3, 0.4) is 0 Å². The van der Waals surface area contributed by atoms with Crippen molar-refractivity contribution >= 4 is 27.5 Å². The van der Waals surface area contributed by atoms with Gasteiger partial charge >= 0.3 is 0 Å². The van der Waals surface area contributed by atoms with Gasteiger partial charge in [-0.25, -0.2) is 4.98 Å². The lowest BCUT2D eigenvalue weighted by Crippen LogP contribution is -2.15. The summed E-state index contributed by atoms with van der Waals surface area (Å²) in [6, 6.07) is 5.52. The second-order valence-electron chi connectivity index (χ2n) is 3.42. The minimum atomic E-state index is -0.221. The Kier molecular flexibility index (Phi) is 3.58. The van der Waals surface area contributed by atoms with Gasteiger partial charge in [-0.2, -0.15) is 5.10 Å². The molecule has 0 amide bonds. The quantitative estimate of drug-likeness (QED) is 0.915. The van der Waals surface area contributed by atoms with Crippen molar-refractivity contribution in [3.05, 3.63) is 45.4 Å². The van der Waals surface area contributed by atoms with Crippen molar-refractivity contribution in [2.75, 3.05) is 0 Å². The zero-order valence-corrected chi connectivity index (χ0v) is 10.7. The minimum Gasteiger partial charge on any atom is -0.321 e. The number of nitrogens with one attached hydrogen (secondary N) is 1. The summed E-state index contributed by atoms with van der Waals surface area (Å²) in [6.45, 7) is 0. The largest absolute Gasteiger partial charge is 0.321 e. The molecule has 3 N–H and O–H groups in total. The van der Waals surface area contributed by atoms with E-state index in [1.54, 1.807) is 0 Å². The number of nitrogens with two attached hydrogens (primary N) is 1. The monoisotopic (exact) mass is 300 g/mol. The normalized spacial score (nSPS) is 12.7. The van der Waals surface area contributed by atoms with Crippen LogP contribution in [0.4, 0.5) is 0 Å². The summed E-state index contributed by atoms with van der Waals surface area (Å²) in [6.07, 6.45) is 2.07. The summed E-state index contributed by atoms with van der Waals surface area (Å²) in [5.41, 5.74) is 6.97. The van der Waals surface area contributed by atoms with Crippen molar-refractivity contribution < 1.29 is 0 Å². The molecule has 2 rings (SSSR count). The Morgan fingerprint density at radius 3 is 2.94 bits per heavy atom. The molecule has 0 saturated carbocycles. The van der Waals surface area contributed by atoms with E-state index >= 15 is 0 Å². The maximum absolute atomic E-state index is 6.10. The standard InChI is InChI=1S/C10H10BrClN4/c11-7-2-1-6(8(12)4-7)3-9(13)10-14-5-15-16-10/h1-2,4-5,9H,3,13H2,(H,14,15,16). The number of hydrogen-bond acceptors (Lipinski definition) is 3. The van der Waals surface area contributed by atoms with Crippen molar-refractivity contribution in [1.29, 1.82) is 0 Å². The Morgan fingerprint density at radius 1 is 1.50 bits per heavy atom. The molecular weight excluding hydrogens is 291 g/mol. The summed E-state index contributed by atoms with van der Waals surface area (Å²) < 4.78 is 0.953. The SMILES string of the molecule is NC(Cc1ccc(Br)cc1Cl)c1ncn[nH]1. The molecule has 4 nitrogen and oxygen atoms in total. The van der Waals surface area contributed by atoms with Gasteiger partial charge in [0.1, 0.15) is 12.2 Å². The molecule has 84 valence electrons. The molecule has 0 saturated heterocycles. The van der Waals surface area contributed by atoms with Crippen LogP contribution in [0.15, 0.2) is 29.0 Å². The highest BCUT2D eigenvalue weighted by Crippen LogP contribution is 2.24. The number of hydrogen-bond donors (Lipinski definition) is 2. The smallest absolute Gasteiger partial charge is 0.141 e. The highest BCUT2D eigenvalue weighted by Gasteiger charge is 2.11. The topological polar surface area (TPSA) is 67.6 Å². The summed E-state index contributed by atoms with van der Waals surface area (Å²) in [7, 11) is 0. The van der Waals surface area contributed by atoms with Crippen molar-refractivity contribution in [3.8, 4) is 0 Å². The van der Waals surface area contributed by atoms with Gasteiger partial charge in [-0.1, -0.05) is 33.6 Å². The Labute approximate surface area is 106 Å². The van der Waals surface area contributed by atoms with Crippen LogP contribution >= 0.6 is 27.5 Å². The number of halogens is 2. The summed E-state index contributed by atoms with van der Waals surface area (Å²) in [4.78, 5) is 4.02. The van der Waals surface area contributed by atoms with Crippen LogP contribution in [0, 0.1) is 0 Å². The Morgan fingerprint density at radius 2 is 2.31 bits per heavy atom. The number of H-pyrrole nitrogens is 1. The lowest BCUT2D eigenvalue weighted by atomic mass is 10.1. The van der Waals surface area contributed by atoms with Crippen molar-refractivity contribution in [2.24, 2.45) is 5.73 Å². The number of benzene rings is 1. The molecule has 0 aliphatic heterocycles. The van der Waals surface area contributed by atoms with E-state index in [9.17, 15) is 0 Å². The fourth-order valence-corrected chi connectivity index (χ4v) is 2.16. The molecule has 6 heteroatoms. The van der Waals surface area contributed by atoms with Gasteiger partial charge in [-0.3, -0.25) is 5.10 Å². The molecule has 0 radical (unpaired) electrons. The van der Waals surface area contributed by atoms with Crippen LogP contribution in [0.5, 0.6) is 0 Å². The van der Waals surface area contributed by atoms with Crippen molar-refractivity contribution in [1.82, 2.24) is 15.2 Å². The second kappa shape index (κ2) is 4.95. The first kappa shape index (κ1) is 11.6. The fourth-order valence-electron chi connectivity index (χ4n) is 1.41. The lowest BCUT2D eigenvalue weighted by Gasteiger charge is -2.09. The molecular formula is C10H10BrClN4. The van der Waals surface area contributed by atoms with E-state index in [2.05, 4.69) is 31.1 Å². The van der Waals surface area contributed by atoms with Gasteiger partial charge in [0, 0.05) is 9.50 Å². The molecule has 0 fully saturated rings. The Bertz CT molecular complexity index is 472. The first-order chi connectivity index (χ1) is 7.66. The molecule has 16 heavy (non-hydrogen) atoms. The van der Waals surface area contributed by atoms with Crippen LogP contribution in [-0.4, -0.2) is 15.2 Å². The average Bonchev–Trinajstić information content (AvgIpc) is 2.75. The van der Waals surface area contributed by atoms with E-state index in [4.69, 9.17) is 17.3 Å².